The van der Waals surface area contributed by atoms with Gasteiger partial charge in [-0.2, -0.15) is 5.10 Å². The van der Waals surface area contributed by atoms with Crippen molar-refractivity contribution in [3.05, 3.63) is 63.6 Å². The van der Waals surface area contributed by atoms with E-state index in [-0.39, 0.29) is 23.1 Å². The van der Waals surface area contributed by atoms with Crippen LogP contribution in [0.4, 0.5) is 0 Å². The molecule has 1 amide bonds. The Balaban J connectivity index is 1.63. The number of nitrogens with zero attached hydrogens (tertiary/aromatic N) is 2. The molecule has 1 atom stereocenters. The van der Waals surface area contributed by atoms with Gasteiger partial charge in [-0.05, 0) is 42.5 Å². The van der Waals surface area contributed by atoms with Crippen LogP contribution < -0.4 is 5.56 Å². The molecule has 0 radical (unpaired) electrons. The number of aromatic amines is 1. The molecule has 2 aromatic rings. The molecular weight excluding hydrogens is 322 g/mol. The molecule has 1 N–H and O–H groups in total. The van der Waals surface area contributed by atoms with E-state index in [4.69, 9.17) is 4.74 Å². The van der Waals surface area contributed by atoms with E-state index < -0.39 is 0 Å². The number of carbonyl (C=O) groups is 2. The molecule has 1 saturated heterocycles. The Bertz CT molecular complexity index is 826. The van der Waals surface area contributed by atoms with Crippen molar-refractivity contribution in [1.29, 1.82) is 0 Å². The summed E-state index contributed by atoms with van der Waals surface area (Å²) in [6, 6.07) is 10.1. The molecule has 0 spiro atoms. The second-order valence-corrected chi connectivity index (χ2v) is 6.11. The predicted molar refractivity (Wildman–Crippen MR) is 90.4 cm³/mol. The van der Waals surface area contributed by atoms with Crippen molar-refractivity contribution in [3.8, 4) is 0 Å². The van der Waals surface area contributed by atoms with Gasteiger partial charge < -0.3 is 9.64 Å². The lowest BCUT2D eigenvalue weighted by molar-refractivity contribution is 0.0600. The van der Waals surface area contributed by atoms with Gasteiger partial charge in [-0.3, -0.25) is 9.59 Å². The number of rotatable bonds is 4. The molecule has 0 bridgehead atoms. The minimum Gasteiger partial charge on any atom is -0.465 e. The van der Waals surface area contributed by atoms with Gasteiger partial charge in [-0.15, -0.1) is 0 Å². The summed E-state index contributed by atoms with van der Waals surface area (Å²) < 4.78 is 4.74. The highest BCUT2D eigenvalue weighted by atomic mass is 16.5. The third-order valence-electron chi connectivity index (χ3n) is 4.34. The molecule has 7 heteroatoms. The summed E-state index contributed by atoms with van der Waals surface area (Å²) in [5.74, 6) is -0.212. The van der Waals surface area contributed by atoms with E-state index in [2.05, 4.69) is 10.2 Å². The molecule has 0 saturated carbocycles. The van der Waals surface area contributed by atoms with Gasteiger partial charge in [0, 0.05) is 19.2 Å². The van der Waals surface area contributed by atoms with Crippen LogP contribution >= 0.6 is 0 Å². The quantitative estimate of drug-likeness (QED) is 0.845. The van der Waals surface area contributed by atoms with Crippen LogP contribution in [-0.2, 0) is 11.2 Å². The SMILES string of the molecule is COC(=O)c1cccc(CC2CCN(C(=O)c3ccc(=O)[nH]n3)C2)c1. The van der Waals surface area contributed by atoms with E-state index in [1.807, 2.05) is 18.2 Å². The van der Waals surface area contributed by atoms with E-state index in [9.17, 15) is 14.4 Å². The zero-order valence-corrected chi connectivity index (χ0v) is 13.9. The molecule has 3 rings (SSSR count). The maximum atomic E-state index is 12.4. The van der Waals surface area contributed by atoms with Crippen molar-refractivity contribution in [2.24, 2.45) is 5.92 Å². The molecule has 1 unspecified atom stereocenters. The second kappa shape index (κ2) is 7.29. The fraction of sp³-hybridized carbons (Fsp3) is 0.333. The topological polar surface area (TPSA) is 92.4 Å². The smallest absolute Gasteiger partial charge is 0.337 e. The molecule has 1 aromatic carbocycles. The zero-order chi connectivity index (χ0) is 17.8. The van der Waals surface area contributed by atoms with Crippen LogP contribution in [-0.4, -0.2) is 47.2 Å². The van der Waals surface area contributed by atoms with Gasteiger partial charge in [0.25, 0.3) is 11.5 Å². The number of aromatic nitrogens is 2. The van der Waals surface area contributed by atoms with Crippen molar-refractivity contribution in [1.82, 2.24) is 15.1 Å². The fourth-order valence-electron chi connectivity index (χ4n) is 3.09. The van der Waals surface area contributed by atoms with E-state index in [1.165, 1.54) is 19.2 Å². The monoisotopic (exact) mass is 341 g/mol. The highest BCUT2D eigenvalue weighted by molar-refractivity contribution is 5.92. The van der Waals surface area contributed by atoms with Crippen LogP contribution in [0.2, 0.25) is 0 Å². The van der Waals surface area contributed by atoms with Gasteiger partial charge in [0.1, 0.15) is 5.69 Å². The summed E-state index contributed by atoms with van der Waals surface area (Å²) >= 11 is 0. The second-order valence-electron chi connectivity index (χ2n) is 6.11. The van der Waals surface area contributed by atoms with E-state index in [0.717, 1.165) is 18.4 Å². The molecule has 2 heterocycles. The highest BCUT2D eigenvalue weighted by Gasteiger charge is 2.28. The first kappa shape index (κ1) is 16.9. The Morgan fingerprint density at radius 3 is 2.88 bits per heavy atom. The van der Waals surface area contributed by atoms with Crippen molar-refractivity contribution in [2.45, 2.75) is 12.8 Å². The van der Waals surface area contributed by atoms with Crippen LogP contribution in [0.3, 0.4) is 0 Å². The maximum Gasteiger partial charge on any atom is 0.337 e. The number of hydrogen-bond donors (Lipinski definition) is 1. The fourth-order valence-corrected chi connectivity index (χ4v) is 3.09. The van der Waals surface area contributed by atoms with Gasteiger partial charge in [-0.1, -0.05) is 12.1 Å². The van der Waals surface area contributed by atoms with Crippen LogP contribution in [0.5, 0.6) is 0 Å². The highest BCUT2D eigenvalue weighted by Crippen LogP contribution is 2.22. The third kappa shape index (κ3) is 3.93. The van der Waals surface area contributed by atoms with Crippen LogP contribution in [0.1, 0.15) is 32.8 Å². The van der Waals surface area contributed by atoms with E-state index in [0.29, 0.717) is 24.6 Å². The molecule has 7 nitrogen and oxygen atoms in total. The largest absolute Gasteiger partial charge is 0.465 e. The lowest BCUT2D eigenvalue weighted by atomic mass is 9.97. The predicted octanol–water partition coefficient (Wildman–Crippen LogP) is 1.26. The Hall–Kier alpha value is -2.96. The number of hydrogen-bond acceptors (Lipinski definition) is 5. The van der Waals surface area contributed by atoms with Gasteiger partial charge in [-0.25, -0.2) is 9.89 Å². The van der Waals surface area contributed by atoms with Crippen LogP contribution in [0.25, 0.3) is 0 Å². The molecular formula is C18H19N3O4. The molecule has 1 fully saturated rings. The minimum atomic E-state index is -0.353. The number of amides is 1. The molecule has 1 aromatic heterocycles. The number of esters is 1. The van der Waals surface area contributed by atoms with Crippen LogP contribution in [0, 0.1) is 5.92 Å². The summed E-state index contributed by atoms with van der Waals surface area (Å²) in [4.78, 5) is 36.8. The molecule has 0 aliphatic carbocycles. The number of H-pyrrole nitrogens is 1. The lowest BCUT2D eigenvalue weighted by Gasteiger charge is -2.16. The Morgan fingerprint density at radius 2 is 2.16 bits per heavy atom. The van der Waals surface area contributed by atoms with Gasteiger partial charge in [0.15, 0.2) is 0 Å². The maximum absolute atomic E-state index is 12.4. The zero-order valence-electron chi connectivity index (χ0n) is 13.9. The third-order valence-corrected chi connectivity index (χ3v) is 4.34. The Kier molecular flexibility index (Phi) is 4.92. The number of methoxy groups -OCH3 is 1. The standard InChI is InChI=1S/C18H19N3O4/c1-25-18(24)14-4-2-3-12(10-14)9-13-7-8-21(11-13)17(23)15-5-6-16(22)20-19-15/h2-6,10,13H,7-9,11H2,1H3,(H,20,22). The molecule has 1 aliphatic rings. The molecule has 1 aliphatic heterocycles. The minimum absolute atomic E-state index is 0.179. The first-order valence-electron chi connectivity index (χ1n) is 8.09. The summed E-state index contributed by atoms with van der Waals surface area (Å²) in [6.07, 6.45) is 1.67. The average molecular weight is 341 g/mol. The van der Waals surface area contributed by atoms with E-state index >= 15 is 0 Å². The summed E-state index contributed by atoms with van der Waals surface area (Å²) in [6.45, 7) is 1.28. The first-order chi connectivity index (χ1) is 12.1. The van der Waals surface area contributed by atoms with Crippen LogP contribution in [0.15, 0.2) is 41.2 Å². The number of likely N-dealkylation sites (tertiary alicyclic amines) is 1. The Labute approximate surface area is 144 Å². The summed E-state index contributed by atoms with van der Waals surface area (Å²) in [7, 11) is 1.36. The van der Waals surface area contributed by atoms with Gasteiger partial charge >= 0.3 is 5.97 Å². The molecule has 25 heavy (non-hydrogen) atoms. The summed E-state index contributed by atoms with van der Waals surface area (Å²) in [5, 5.41) is 6.07. The average Bonchev–Trinajstić information content (AvgIpc) is 3.09. The van der Waals surface area contributed by atoms with Gasteiger partial charge in [0.05, 0.1) is 12.7 Å². The normalized spacial score (nSPS) is 16.7. The van der Waals surface area contributed by atoms with Crippen molar-refractivity contribution in [2.75, 3.05) is 20.2 Å². The van der Waals surface area contributed by atoms with Crippen molar-refractivity contribution < 1.29 is 14.3 Å². The first-order valence-corrected chi connectivity index (χ1v) is 8.09. The number of benzene rings is 1. The number of ether oxygens (including phenoxy) is 1. The number of nitrogens with one attached hydrogen (secondary N) is 1. The lowest BCUT2D eigenvalue weighted by Crippen LogP contribution is -2.30. The Morgan fingerprint density at radius 1 is 1.32 bits per heavy atom. The summed E-state index contributed by atoms with van der Waals surface area (Å²) in [5.41, 5.74) is 1.49. The van der Waals surface area contributed by atoms with Crippen molar-refractivity contribution in [3.63, 3.8) is 0 Å². The van der Waals surface area contributed by atoms with Crippen molar-refractivity contribution >= 4 is 11.9 Å². The molecule has 130 valence electrons. The number of carbonyl (C=O) groups excluding carboxylic acids is 2. The van der Waals surface area contributed by atoms with Gasteiger partial charge in [0.2, 0.25) is 0 Å². The van der Waals surface area contributed by atoms with E-state index in [1.54, 1.807) is 11.0 Å².